The van der Waals surface area contributed by atoms with Crippen molar-refractivity contribution in [3.8, 4) is 0 Å². The van der Waals surface area contributed by atoms with Crippen LogP contribution in [0.15, 0.2) is 59.8 Å². The Morgan fingerprint density at radius 3 is 2.68 bits per heavy atom. The molecule has 4 nitrogen and oxygen atoms in total. The minimum atomic E-state index is -0.295. The van der Waals surface area contributed by atoms with Crippen molar-refractivity contribution < 1.29 is 4.79 Å². The van der Waals surface area contributed by atoms with Crippen LogP contribution >= 0.6 is 0 Å². The zero-order chi connectivity index (χ0) is 13.3. The average Bonchev–Trinajstić information content (AvgIpc) is 2.49. The van der Waals surface area contributed by atoms with E-state index in [4.69, 9.17) is 0 Å². The van der Waals surface area contributed by atoms with Gasteiger partial charge < -0.3 is 0 Å². The summed E-state index contributed by atoms with van der Waals surface area (Å²) in [5.74, 6) is -0.295. The molecule has 0 spiro atoms. The highest BCUT2D eigenvalue weighted by atomic mass is 16.2. The summed E-state index contributed by atoms with van der Waals surface area (Å²) in [6.45, 7) is 0. The van der Waals surface area contributed by atoms with Crippen molar-refractivity contribution in [1.82, 2.24) is 10.4 Å². The summed E-state index contributed by atoms with van der Waals surface area (Å²) in [6.07, 6.45) is 4.97. The third-order valence-electron chi connectivity index (χ3n) is 2.56. The molecule has 0 bridgehead atoms. The maximum Gasteiger partial charge on any atom is 0.289 e. The number of carbonyl (C=O) groups excluding carboxylic acids is 1. The Hall–Kier alpha value is -2.49. The van der Waals surface area contributed by atoms with E-state index in [1.54, 1.807) is 30.6 Å². The number of amides is 1. The molecule has 0 unspecified atom stereocenters. The second-order valence-electron chi connectivity index (χ2n) is 3.99. The number of aryl methyl sites for hydroxylation is 1. The van der Waals surface area contributed by atoms with E-state index >= 15 is 0 Å². The minimum absolute atomic E-state index is 0.295. The Labute approximate surface area is 112 Å². The molecule has 1 amide bonds. The van der Waals surface area contributed by atoms with E-state index in [1.807, 2.05) is 18.2 Å². The maximum absolute atomic E-state index is 11.6. The molecular formula is C15H15N3O. The number of carbonyl (C=O) groups is 1. The quantitative estimate of drug-likeness (QED) is 0.657. The summed E-state index contributed by atoms with van der Waals surface area (Å²) in [4.78, 5) is 15.5. The second-order valence-corrected chi connectivity index (χ2v) is 3.99. The van der Waals surface area contributed by atoms with Gasteiger partial charge in [-0.3, -0.25) is 9.78 Å². The molecule has 1 aromatic carbocycles. The van der Waals surface area contributed by atoms with Crippen LogP contribution in [0.4, 0.5) is 0 Å². The molecule has 96 valence electrons. The van der Waals surface area contributed by atoms with Crippen LogP contribution in [-0.4, -0.2) is 17.1 Å². The van der Waals surface area contributed by atoms with Gasteiger partial charge in [-0.1, -0.05) is 36.4 Å². The standard InChI is InChI=1S/C15H15N3O/c19-15(14-10-4-5-11-16-14)18-17-12-6-9-13-7-2-1-3-8-13/h1-5,7-8,10-12H,6,9H2,(H,18,19)/b17-12+. The summed E-state index contributed by atoms with van der Waals surface area (Å²) in [7, 11) is 0. The van der Waals surface area contributed by atoms with Gasteiger partial charge in [0, 0.05) is 12.4 Å². The van der Waals surface area contributed by atoms with E-state index in [0.29, 0.717) is 5.69 Å². The number of hydrazone groups is 1. The van der Waals surface area contributed by atoms with Crippen LogP contribution in [0.1, 0.15) is 22.5 Å². The molecule has 0 saturated carbocycles. The van der Waals surface area contributed by atoms with Crippen molar-refractivity contribution in [1.29, 1.82) is 0 Å². The zero-order valence-corrected chi connectivity index (χ0v) is 10.5. The fourth-order valence-corrected chi connectivity index (χ4v) is 1.60. The van der Waals surface area contributed by atoms with E-state index in [1.165, 1.54) is 5.56 Å². The predicted molar refractivity (Wildman–Crippen MR) is 75.0 cm³/mol. The normalized spacial score (nSPS) is 10.5. The first-order chi connectivity index (χ1) is 9.36. The van der Waals surface area contributed by atoms with Crippen LogP contribution in [0.25, 0.3) is 0 Å². The number of nitrogens with one attached hydrogen (secondary N) is 1. The number of nitrogens with zero attached hydrogens (tertiary/aromatic N) is 2. The van der Waals surface area contributed by atoms with E-state index in [9.17, 15) is 4.79 Å². The lowest BCUT2D eigenvalue weighted by molar-refractivity contribution is 0.0950. The maximum atomic E-state index is 11.6. The van der Waals surface area contributed by atoms with Gasteiger partial charge in [-0.25, -0.2) is 5.43 Å². The summed E-state index contributed by atoms with van der Waals surface area (Å²) >= 11 is 0. The molecule has 0 aliphatic heterocycles. The SMILES string of the molecule is O=C(N/N=C/CCc1ccccc1)c1ccccn1. The molecule has 0 aliphatic carbocycles. The molecule has 0 saturated heterocycles. The van der Waals surface area contributed by atoms with Crippen molar-refractivity contribution in [2.75, 3.05) is 0 Å². The number of benzene rings is 1. The number of rotatable bonds is 5. The van der Waals surface area contributed by atoms with E-state index < -0.39 is 0 Å². The zero-order valence-electron chi connectivity index (χ0n) is 10.5. The molecule has 0 radical (unpaired) electrons. The van der Waals surface area contributed by atoms with Crippen LogP contribution in [0.3, 0.4) is 0 Å². The molecule has 0 aliphatic rings. The Morgan fingerprint density at radius 2 is 1.95 bits per heavy atom. The summed E-state index contributed by atoms with van der Waals surface area (Å²) < 4.78 is 0. The molecule has 4 heteroatoms. The lowest BCUT2D eigenvalue weighted by Gasteiger charge is -1.98. The molecule has 1 aromatic heterocycles. The lowest BCUT2D eigenvalue weighted by Crippen LogP contribution is -2.18. The van der Waals surface area contributed by atoms with Crippen LogP contribution in [0, 0.1) is 0 Å². The van der Waals surface area contributed by atoms with Crippen molar-refractivity contribution >= 4 is 12.1 Å². The molecule has 1 N–H and O–H groups in total. The predicted octanol–water partition coefficient (Wildman–Crippen LogP) is 2.43. The van der Waals surface area contributed by atoms with Crippen LogP contribution in [0.2, 0.25) is 0 Å². The average molecular weight is 253 g/mol. The molecular weight excluding hydrogens is 238 g/mol. The largest absolute Gasteiger partial charge is 0.289 e. The number of pyridine rings is 1. The third kappa shape index (κ3) is 4.35. The van der Waals surface area contributed by atoms with Crippen LogP contribution < -0.4 is 5.43 Å². The summed E-state index contributed by atoms with van der Waals surface area (Å²) in [5, 5.41) is 3.90. The van der Waals surface area contributed by atoms with Gasteiger partial charge in [0.2, 0.25) is 0 Å². The van der Waals surface area contributed by atoms with Crippen molar-refractivity contribution in [2.24, 2.45) is 5.10 Å². The van der Waals surface area contributed by atoms with Gasteiger partial charge in [-0.15, -0.1) is 0 Å². The van der Waals surface area contributed by atoms with Crippen LogP contribution in [0.5, 0.6) is 0 Å². The van der Waals surface area contributed by atoms with E-state index in [0.717, 1.165) is 12.8 Å². The second kappa shape index (κ2) is 7.06. The van der Waals surface area contributed by atoms with Gasteiger partial charge in [-0.2, -0.15) is 5.10 Å². The van der Waals surface area contributed by atoms with Gasteiger partial charge in [0.05, 0.1) is 0 Å². The number of aromatic nitrogens is 1. The summed E-state index contributed by atoms with van der Waals surface area (Å²) in [5.41, 5.74) is 4.07. The van der Waals surface area contributed by atoms with Crippen molar-refractivity contribution in [2.45, 2.75) is 12.8 Å². The molecule has 1 heterocycles. The van der Waals surface area contributed by atoms with Gasteiger partial charge in [-0.05, 0) is 30.5 Å². The monoisotopic (exact) mass is 253 g/mol. The fraction of sp³-hybridized carbons (Fsp3) is 0.133. The number of hydrogen-bond donors (Lipinski definition) is 1. The first kappa shape index (κ1) is 13.0. The first-order valence-electron chi connectivity index (χ1n) is 6.13. The Kier molecular flexibility index (Phi) is 4.81. The van der Waals surface area contributed by atoms with E-state index in [2.05, 4.69) is 27.6 Å². The Morgan fingerprint density at radius 1 is 1.16 bits per heavy atom. The summed E-state index contributed by atoms with van der Waals surface area (Å²) in [6, 6.07) is 15.3. The molecule has 2 aromatic rings. The fourth-order valence-electron chi connectivity index (χ4n) is 1.60. The minimum Gasteiger partial charge on any atom is -0.266 e. The van der Waals surface area contributed by atoms with Gasteiger partial charge in [0.1, 0.15) is 5.69 Å². The number of hydrogen-bond acceptors (Lipinski definition) is 3. The van der Waals surface area contributed by atoms with Crippen molar-refractivity contribution in [3.63, 3.8) is 0 Å². The van der Waals surface area contributed by atoms with Gasteiger partial charge >= 0.3 is 0 Å². The first-order valence-corrected chi connectivity index (χ1v) is 6.13. The van der Waals surface area contributed by atoms with Crippen LogP contribution in [-0.2, 0) is 6.42 Å². The highest BCUT2D eigenvalue weighted by molar-refractivity contribution is 5.92. The van der Waals surface area contributed by atoms with Gasteiger partial charge in [0.25, 0.3) is 5.91 Å². The molecule has 19 heavy (non-hydrogen) atoms. The Balaban J connectivity index is 1.74. The molecule has 0 fully saturated rings. The van der Waals surface area contributed by atoms with Crippen molar-refractivity contribution in [3.05, 3.63) is 66.0 Å². The third-order valence-corrected chi connectivity index (χ3v) is 2.56. The van der Waals surface area contributed by atoms with E-state index in [-0.39, 0.29) is 5.91 Å². The molecule has 0 atom stereocenters. The topological polar surface area (TPSA) is 54.4 Å². The molecule has 2 rings (SSSR count). The smallest absolute Gasteiger partial charge is 0.266 e. The van der Waals surface area contributed by atoms with Gasteiger partial charge in [0.15, 0.2) is 0 Å². The Bertz CT molecular complexity index is 538. The lowest BCUT2D eigenvalue weighted by atomic mass is 10.1. The highest BCUT2D eigenvalue weighted by Gasteiger charge is 2.02. The highest BCUT2D eigenvalue weighted by Crippen LogP contribution is 2.00.